The van der Waals surface area contributed by atoms with E-state index in [0.717, 1.165) is 51.3 Å². The van der Waals surface area contributed by atoms with E-state index in [1.54, 1.807) is 17.2 Å². The molecular weight excluding hydrogens is 352 g/mol. The van der Waals surface area contributed by atoms with E-state index >= 15 is 0 Å². The summed E-state index contributed by atoms with van der Waals surface area (Å²) in [6, 6.07) is 9.94. The first kappa shape index (κ1) is 20.1. The number of unbranched alkanes of at least 4 members (excludes halogenated alkanes) is 1. The Balaban J connectivity index is 1.63. The Labute approximate surface area is 167 Å². The van der Waals surface area contributed by atoms with Crippen LogP contribution in [-0.4, -0.2) is 72.5 Å². The van der Waals surface area contributed by atoms with Gasteiger partial charge in [-0.2, -0.15) is 0 Å². The molecule has 0 unspecified atom stereocenters. The zero-order valence-corrected chi connectivity index (χ0v) is 17.1. The van der Waals surface area contributed by atoms with E-state index in [1.165, 1.54) is 5.69 Å². The number of anilines is 3. The molecule has 0 aliphatic carbocycles. The second-order valence-electron chi connectivity index (χ2n) is 7.31. The second kappa shape index (κ2) is 9.50. The lowest BCUT2D eigenvalue weighted by Gasteiger charge is -2.34. The van der Waals surface area contributed by atoms with Crippen molar-refractivity contribution in [2.45, 2.75) is 19.8 Å². The predicted octanol–water partition coefficient (Wildman–Crippen LogP) is 2.84. The number of nitrogens with one attached hydrogen (secondary N) is 1. The van der Waals surface area contributed by atoms with Crippen molar-refractivity contribution in [3.8, 4) is 0 Å². The van der Waals surface area contributed by atoms with Gasteiger partial charge in [0, 0.05) is 57.3 Å². The SMILES string of the molecule is CCCCN(C)C(=O)c1ccnc(Nc2ccc(N3CCN(C)CC3)cc2)n1. The van der Waals surface area contributed by atoms with Crippen LogP contribution in [0.4, 0.5) is 17.3 Å². The number of piperazine rings is 1. The summed E-state index contributed by atoms with van der Waals surface area (Å²) in [4.78, 5) is 27.6. The Morgan fingerprint density at radius 1 is 1.14 bits per heavy atom. The Bertz CT molecular complexity index is 771. The fourth-order valence-electron chi connectivity index (χ4n) is 3.18. The monoisotopic (exact) mass is 382 g/mol. The smallest absolute Gasteiger partial charge is 0.272 e. The summed E-state index contributed by atoms with van der Waals surface area (Å²) in [7, 11) is 3.97. The van der Waals surface area contributed by atoms with Crippen LogP contribution in [0.5, 0.6) is 0 Å². The molecule has 2 heterocycles. The molecule has 1 N–H and O–H groups in total. The Morgan fingerprint density at radius 2 is 1.86 bits per heavy atom. The largest absolute Gasteiger partial charge is 0.369 e. The van der Waals surface area contributed by atoms with Crippen molar-refractivity contribution in [3.63, 3.8) is 0 Å². The molecule has 0 bridgehead atoms. The van der Waals surface area contributed by atoms with Crippen LogP contribution < -0.4 is 10.2 Å². The molecular formula is C21H30N6O. The van der Waals surface area contributed by atoms with Crippen molar-refractivity contribution in [3.05, 3.63) is 42.2 Å². The minimum atomic E-state index is -0.0793. The fourth-order valence-corrected chi connectivity index (χ4v) is 3.18. The highest BCUT2D eigenvalue weighted by Gasteiger charge is 2.15. The molecule has 7 nitrogen and oxygen atoms in total. The quantitative estimate of drug-likeness (QED) is 0.794. The van der Waals surface area contributed by atoms with Crippen molar-refractivity contribution in [1.82, 2.24) is 19.8 Å². The van der Waals surface area contributed by atoms with Gasteiger partial charge in [0.1, 0.15) is 5.69 Å². The summed E-state index contributed by atoms with van der Waals surface area (Å²) in [5, 5.41) is 3.20. The van der Waals surface area contributed by atoms with Crippen molar-refractivity contribution in [2.24, 2.45) is 0 Å². The molecule has 0 saturated carbocycles. The zero-order valence-electron chi connectivity index (χ0n) is 17.1. The van der Waals surface area contributed by atoms with E-state index in [2.05, 4.69) is 51.2 Å². The Kier molecular flexibility index (Phi) is 6.81. The van der Waals surface area contributed by atoms with Gasteiger partial charge in [-0.3, -0.25) is 4.79 Å². The van der Waals surface area contributed by atoms with Crippen molar-refractivity contribution in [2.75, 3.05) is 57.0 Å². The molecule has 28 heavy (non-hydrogen) atoms. The minimum absolute atomic E-state index is 0.0793. The van der Waals surface area contributed by atoms with Gasteiger partial charge >= 0.3 is 0 Å². The molecule has 1 aliphatic rings. The third kappa shape index (κ3) is 5.19. The zero-order chi connectivity index (χ0) is 19.9. The standard InChI is InChI=1S/C21H30N6O/c1-4-5-12-26(3)20(28)19-10-11-22-21(24-19)23-17-6-8-18(9-7-17)27-15-13-25(2)14-16-27/h6-11H,4-5,12-16H2,1-3H3,(H,22,23,24). The van der Waals surface area contributed by atoms with Gasteiger partial charge in [-0.1, -0.05) is 13.3 Å². The molecule has 1 amide bonds. The van der Waals surface area contributed by atoms with Gasteiger partial charge in [-0.05, 0) is 43.8 Å². The lowest BCUT2D eigenvalue weighted by molar-refractivity contribution is 0.0787. The van der Waals surface area contributed by atoms with Crippen molar-refractivity contribution < 1.29 is 4.79 Å². The van der Waals surface area contributed by atoms with Gasteiger partial charge < -0.3 is 20.0 Å². The van der Waals surface area contributed by atoms with Gasteiger partial charge in [0.15, 0.2) is 0 Å². The molecule has 1 aromatic carbocycles. The molecule has 7 heteroatoms. The first-order valence-corrected chi connectivity index (χ1v) is 9.96. The van der Waals surface area contributed by atoms with Gasteiger partial charge in [-0.15, -0.1) is 0 Å². The first-order chi connectivity index (χ1) is 13.6. The number of amides is 1. The number of aromatic nitrogens is 2. The molecule has 1 aromatic heterocycles. The number of likely N-dealkylation sites (N-methyl/N-ethyl adjacent to an activating group) is 1. The average molecular weight is 383 g/mol. The highest BCUT2D eigenvalue weighted by Crippen LogP contribution is 2.21. The maximum absolute atomic E-state index is 12.5. The highest BCUT2D eigenvalue weighted by atomic mass is 16.2. The number of hydrogen-bond donors (Lipinski definition) is 1. The number of hydrogen-bond acceptors (Lipinski definition) is 6. The van der Waals surface area contributed by atoms with Crippen molar-refractivity contribution >= 4 is 23.2 Å². The Hall–Kier alpha value is -2.67. The third-order valence-corrected chi connectivity index (χ3v) is 5.06. The number of rotatable bonds is 7. The van der Waals surface area contributed by atoms with Crippen LogP contribution in [-0.2, 0) is 0 Å². The van der Waals surface area contributed by atoms with Gasteiger partial charge in [0.05, 0.1) is 0 Å². The summed E-state index contributed by atoms with van der Waals surface area (Å²) in [6.45, 7) is 7.10. The predicted molar refractivity (Wildman–Crippen MR) is 113 cm³/mol. The summed E-state index contributed by atoms with van der Waals surface area (Å²) in [6.07, 6.45) is 3.66. The fraction of sp³-hybridized carbons (Fsp3) is 0.476. The van der Waals surface area contributed by atoms with E-state index in [9.17, 15) is 4.79 Å². The molecule has 150 valence electrons. The van der Waals surface area contributed by atoms with Crippen LogP contribution in [0.25, 0.3) is 0 Å². The molecule has 1 aliphatic heterocycles. The topological polar surface area (TPSA) is 64.6 Å². The van der Waals surface area contributed by atoms with Crippen LogP contribution in [0.1, 0.15) is 30.3 Å². The molecule has 3 rings (SSSR count). The van der Waals surface area contributed by atoms with Crippen LogP contribution in [0.2, 0.25) is 0 Å². The number of carbonyl (C=O) groups is 1. The molecule has 0 atom stereocenters. The van der Waals surface area contributed by atoms with E-state index in [-0.39, 0.29) is 5.91 Å². The van der Waals surface area contributed by atoms with E-state index in [0.29, 0.717) is 11.6 Å². The molecule has 0 spiro atoms. The summed E-state index contributed by atoms with van der Waals surface area (Å²) >= 11 is 0. The second-order valence-corrected chi connectivity index (χ2v) is 7.31. The molecule has 2 aromatic rings. The molecule has 1 saturated heterocycles. The van der Waals surface area contributed by atoms with Crippen LogP contribution in [0.3, 0.4) is 0 Å². The summed E-state index contributed by atoms with van der Waals surface area (Å²) < 4.78 is 0. The van der Waals surface area contributed by atoms with Gasteiger partial charge in [0.25, 0.3) is 5.91 Å². The number of nitrogens with zero attached hydrogens (tertiary/aromatic N) is 5. The minimum Gasteiger partial charge on any atom is -0.369 e. The summed E-state index contributed by atoms with van der Waals surface area (Å²) in [5.41, 5.74) is 2.54. The average Bonchev–Trinajstić information content (AvgIpc) is 2.73. The third-order valence-electron chi connectivity index (χ3n) is 5.06. The number of carbonyl (C=O) groups excluding carboxylic acids is 1. The van der Waals surface area contributed by atoms with E-state index in [1.807, 2.05) is 19.2 Å². The number of benzene rings is 1. The molecule has 1 fully saturated rings. The van der Waals surface area contributed by atoms with Gasteiger partial charge in [-0.25, -0.2) is 9.97 Å². The first-order valence-electron chi connectivity index (χ1n) is 9.96. The maximum atomic E-state index is 12.5. The molecule has 0 radical (unpaired) electrons. The highest BCUT2D eigenvalue weighted by molar-refractivity contribution is 5.92. The van der Waals surface area contributed by atoms with Crippen LogP contribution in [0.15, 0.2) is 36.5 Å². The van der Waals surface area contributed by atoms with E-state index in [4.69, 9.17) is 0 Å². The van der Waals surface area contributed by atoms with Crippen molar-refractivity contribution in [1.29, 1.82) is 0 Å². The summed E-state index contributed by atoms with van der Waals surface area (Å²) in [5.74, 6) is 0.353. The van der Waals surface area contributed by atoms with Crippen LogP contribution >= 0.6 is 0 Å². The lowest BCUT2D eigenvalue weighted by atomic mass is 10.2. The van der Waals surface area contributed by atoms with Crippen LogP contribution in [0, 0.1) is 0 Å². The van der Waals surface area contributed by atoms with Gasteiger partial charge in [0.2, 0.25) is 5.95 Å². The van der Waals surface area contributed by atoms with E-state index < -0.39 is 0 Å². The maximum Gasteiger partial charge on any atom is 0.272 e. The lowest BCUT2D eigenvalue weighted by Crippen LogP contribution is -2.44. The normalized spacial score (nSPS) is 14.8. The Morgan fingerprint density at radius 3 is 2.54 bits per heavy atom.